The van der Waals surface area contributed by atoms with Crippen LogP contribution in [0.5, 0.6) is 5.75 Å². The van der Waals surface area contributed by atoms with Crippen molar-refractivity contribution in [1.29, 1.82) is 0 Å². The number of benzene rings is 1. The van der Waals surface area contributed by atoms with E-state index in [9.17, 15) is 27.6 Å². The summed E-state index contributed by atoms with van der Waals surface area (Å²) < 4.78 is 48.0. The number of halogens is 3. The molecular weight excluding hydrogens is 537 g/mol. The van der Waals surface area contributed by atoms with Crippen molar-refractivity contribution < 1.29 is 27.5 Å². The molecule has 2 heterocycles. The number of nitrogens with zero attached hydrogens (tertiary/aromatic N) is 2. The lowest BCUT2D eigenvalue weighted by molar-refractivity contribution is -0.150. The normalized spacial score (nSPS) is 29.0. The molecule has 0 radical (unpaired) electrons. The standard InChI is InChI=1S/C30H37F3N4O4/c31-30(32,33)28-35-21-7-6-8-23(25(21)27(40)37(28)22-9-10-24(38)36-26(22)39)41-12-5-3-1-2-4-11-34-29-16-18-13-19(17-29)15-20(29)14-18/h6-8,18-20,22,34H,1-5,9-17H2,(H,36,38,39)/t18?,19?,20?,22-,29?/m1/s1. The number of amides is 2. The number of imide groups is 1. The number of carbonyl (C=O) groups is 2. The lowest BCUT2D eigenvalue weighted by Crippen LogP contribution is -2.46. The number of hydrogen-bond acceptors (Lipinski definition) is 6. The van der Waals surface area contributed by atoms with Gasteiger partial charge >= 0.3 is 6.18 Å². The van der Waals surface area contributed by atoms with Crippen LogP contribution in [0.15, 0.2) is 23.0 Å². The summed E-state index contributed by atoms with van der Waals surface area (Å²) in [5.41, 5.74) is -0.741. The maximum Gasteiger partial charge on any atom is 0.449 e. The van der Waals surface area contributed by atoms with Crippen LogP contribution in [0.2, 0.25) is 0 Å². The van der Waals surface area contributed by atoms with Gasteiger partial charge in [0.1, 0.15) is 17.2 Å². The van der Waals surface area contributed by atoms with Crippen molar-refractivity contribution in [3.05, 3.63) is 34.4 Å². The molecule has 3 atom stereocenters. The lowest BCUT2D eigenvalue weighted by atomic mass is 9.80. The molecule has 2 aromatic rings. The zero-order valence-electron chi connectivity index (χ0n) is 23.1. The van der Waals surface area contributed by atoms with Gasteiger partial charge in [0.15, 0.2) is 0 Å². The van der Waals surface area contributed by atoms with Crippen LogP contribution in [-0.4, -0.2) is 40.1 Å². The molecule has 0 spiro atoms. The Morgan fingerprint density at radius 1 is 1.02 bits per heavy atom. The third-order valence-electron chi connectivity index (χ3n) is 9.71. The van der Waals surface area contributed by atoms with Crippen LogP contribution in [0.1, 0.15) is 88.9 Å². The summed E-state index contributed by atoms with van der Waals surface area (Å²) in [5.74, 6) is -0.0851. The van der Waals surface area contributed by atoms with Crippen LogP contribution >= 0.6 is 0 Å². The second-order valence-electron chi connectivity index (χ2n) is 12.5. The predicted octanol–water partition coefficient (Wildman–Crippen LogP) is 4.89. The molecule has 8 nitrogen and oxygen atoms in total. The molecule has 1 aliphatic heterocycles. The molecule has 5 fully saturated rings. The van der Waals surface area contributed by atoms with Gasteiger partial charge in [-0.3, -0.25) is 24.3 Å². The van der Waals surface area contributed by atoms with E-state index in [0.717, 1.165) is 56.4 Å². The molecule has 2 amide bonds. The van der Waals surface area contributed by atoms with Crippen molar-refractivity contribution in [2.45, 2.75) is 94.8 Å². The molecule has 2 unspecified atom stereocenters. The van der Waals surface area contributed by atoms with Crippen LogP contribution in [0.4, 0.5) is 13.2 Å². The lowest BCUT2D eigenvalue weighted by Gasteiger charge is -2.34. The van der Waals surface area contributed by atoms with Gasteiger partial charge in [0.25, 0.3) is 5.56 Å². The Morgan fingerprint density at radius 2 is 1.76 bits per heavy atom. The number of aromatic nitrogens is 2. The maximum atomic E-state index is 13.9. The van der Waals surface area contributed by atoms with E-state index >= 15 is 0 Å². The van der Waals surface area contributed by atoms with E-state index in [0.29, 0.717) is 16.7 Å². The summed E-state index contributed by atoms with van der Waals surface area (Å²) in [4.78, 5) is 41.1. The van der Waals surface area contributed by atoms with Gasteiger partial charge in [-0.25, -0.2) is 4.98 Å². The van der Waals surface area contributed by atoms with Gasteiger partial charge in [-0.2, -0.15) is 13.2 Å². The summed E-state index contributed by atoms with van der Waals surface area (Å²) in [6, 6.07) is 2.86. The first-order chi connectivity index (χ1) is 19.6. The number of hydrogen-bond donors (Lipinski definition) is 2. The molecule has 222 valence electrons. The van der Waals surface area contributed by atoms with Gasteiger partial charge in [0, 0.05) is 12.0 Å². The van der Waals surface area contributed by atoms with Crippen LogP contribution in [-0.2, 0) is 15.8 Å². The minimum absolute atomic E-state index is 0.106. The van der Waals surface area contributed by atoms with Crippen molar-refractivity contribution in [2.75, 3.05) is 13.2 Å². The highest BCUT2D eigenvalue weighted by Crippen LogP contribution is 2.60. The quantitative estimate of drug-likeness (QED) is 0.293. The molecular formula is C30H37F3N4O4. The summed E-state index contributed by atoms with van der Waals surface area (Å²) >= 11 is 0. The molecule has 4 saturated carbocycles. The van der Waals surface area contributed by atoms with E-state index in [1.807, 2.05) is 5.32 Å². The first kappa shape index (κ1) is 28.2. The molecule has 4 bridgehead atoms. The molecule has 5 aliphatic rings. The van der Waals surface area contributed by atoms with Gasteiger partial charge in [-0.1, -0.05) is 25.3 Å². The van der Waals surface area contributed by atoms with E-state index in [2.05, 4.69) is 10.3 Å². The largest absolute Gasteiger partial charge is 0.493 e. The highest BCUT2D eigenvalue weighted by molar-refractivity contribution is 5.99. The zero-order valence-corrected chi connectivity index (χ0v) is 23.1. The Labute approximate surface area is 236 Å². The van der Waals surface area contributed by atoms with Crippen LogP contribution in [0, 0.1) is 17.8 Å². The predicted molar refractivity (Wildman–Crippen MR) is 145 cm³/mol. The minimum Gasteiger partial charge on any atom is -0.493 e. The fourth-order valence-electron chi connectivity index (χ4n) is 8.11. The molecule has 2 N–H and O–H groups in total. The fourth-order valence-corrected chi connectivity index (χ4v) is 8.11. The molecule has 4 aliphatic carbocycles. The van der Waals surface area contributed by atoms with Gasteiger partial charge in [0.2, 0.25) is 17.6 Å². The Kier molecular flexibility index (Phi) is 7.59. The van der Waals surface area contributed by atoms with E-state index in [1.54, 1.807) is 0 Å². The SMILES string of the molecule is O=C1CC[C@@H](n2c(C(F)(F)F)nc3cccc(OCCCCCCCNC45CC6CC(CC4C6)C5)c3c2=O)C(=O)N1. The molecule has 1 aromatic carbocycles. The monoisotopic (exact) mass is 574 g/mol. The summed E-state index contributed by atoms with van der Waals surface area (Å²) in [7, 11) is 0. The Bertz CT molecular complexity index is 1380. The van der Waals surface area contributed by atoms with Crippen molar-refractivity contribution in [3.8, 4) is 5.75 Å². The smallest absolute Gasteiger partial charge is 0.449 e. The summed E-state index contributed by atoms with van der Waals surface area (Å²) in [5, 5.41) is 5.85. The second kappa shape index (κ2) is 11.0. The molecule has 11 heteroatoms. The van der Waals surface area contributed by atoms with Crippen molar-refractivity contribution in [2.24, 2.45) is 17.8 Å². The first-order valence-electron chi connectivity index (χ1n) is 15.0. The van der Waals surface area contributed by atoms with E-state index in [1.165, 1.54) is 50.3 Å². The van der Waals surface area contributed by atoms with Crippen molar-refractivity contribution in [3.63, 3.8) is 0 Å². The third-order valence-corrected chi connectivity index (χ3v) is 9.71. The number of unbranched alkanes of at least 4 members (excludes halogenated alkanes) is 4. The summed E-state index contributed by atoms with van der Waals surface area (Å²) in [6.07, 6.45) is 6.66. The van der Waals surface area contributed by atoms with Crippen LogP contribution < -0.4 is 20.9 Å². The number of ether oxygens (including phenoxy) is 1. The van der Waals surface area contributed by atoms with Gasteiger partial charge in [-0.05, 0) is 87.8 Å². The number of rotatable bonds is 11. The van der Waals surface area contributed by atoms with Gasteiger partial charge in [0.05, 0.1) is 12.1 Å². The van der Waals surface area contributed by atoms with Crippen molar-refractivity contribution in [1.82, 2.24) is 20.2 Å². The average Bonchev–Trinajstić information content (AvgIpc) is 3.30. The van der Waals surface area contributed by atoms with Crippen LogP contribution in [0.25, 0.3) is 10.9 Å². The number of carbonyl (C=O) groups excluding carboxylic acids is 2. The van der Waals surface area contributed by atoms with E-state index in [-0.39, 0.29) is 29.5 Å². The molecule has 41 heavy (non-hydrogen) atoms. The molecule has 7 rings (SSSR count). The Morgan fingerprint density at radius 3 is 2.49 bits per heavy atom. The highest BCUT2D eigenvalue weighted by atomic mass is 19.4. The first-order valence-corrected chi connectivity index (χ1v) is 15.0. The molecule has 1 saturated heterocycles. The fraction of sp³-hybridized carbons (Fsp3) is 0.667. The average molecular weight is 575 g/mol. The maximum absolute atomic E-state index is 13.9. The van der Waals surface area contributed by atoms with Crippen molar-refractivity contribution >= 4 is 22.7 Å². The van der Waals surface area contributed by atoms with E-state index in [4.69, 9.17) is 4.74 Å². The van der Waals surface area contributed by atoms with Gasteiger partial charge in [-0.15, -0.1) is 0 Å². The third kappa shape index (κ3) is 5.49. The Hall–Kier alpha value is -2.95. The molecule has 1 aromatic heterocycles. The number of alkyl halides is 3. The van der Waals surface area contributed by atoms with Gasteiger partial charge < -0.3 is 10.1 Å². The topological polar surface area (TPSA) is 102 Å². The minimum atomic E-state index is -4.97. The summed E-state index contributed by atoms with van der Waals surface area (Å²) in [6.45, 7) is 1.37. The zero-order chi connectivity index (χ0) is 28.8. The number of nitrogens with one attached hydrogen (secondary N) is 2. The van der Waals surface area contributed by atoms with E-state index < -0.39 is 35.4 Å². The number of fused-ring (bicyclic) bond motifs is 1. The second-order valence-corrected chi connectivity index (χ2v) is 12.5. The Balaban J connectivity index is 1.04. The van der Waals surface area contributed by atoms with Crippen LogP contribution in [0.3, 0.4) is 0 Å². The highest BCUT2D eigenvalue weighted by Gasteiger charge is 2.57. The number of piperidine rings is 1.